The van der Waals surface area contributed by atoms with Gasteiger partial charge in [-0.1, -0.05) is 0 Å². The molecule has 3 heteroatoms. The van der Waals surface area contributed by atoms with Gasteiger partial charge in [-0.05, 0) is 25.8 Å². The topological polar surface area (TPSA) is 21.1 Å². The van der Waals surface area contributed by atoms with Gasteiger partial charge in [0.25, 0.3) is 0 Å². The van der Waals surface area contributed by atoms with E-state index in [2.05, 4.69) is 23.1 Å². The van der Waals surface area contributed by atoms with Gasteiger partial charge in [-0.2, -0.15) is 5.10 Å². The molecule has 0 saturated carbocycles. The van der Waals surface area contributed by atoms with E-state index >= 15 is 0 Å². The van der Waals surface area contributed by atoms with Crippen LogP contribution in [0, 0.1) is 6.20 Å². The number of nitrogens with zero attached hydrogens (tertiary/aromatic N) is 3. The summed E-state index contributed by atoms with van der Waals surface area (Å²) in [6.07, 6.45) is 7.85. The van der Waals surface area contributed by atoms with Crippen molar-refractivity contribution >= 4 is 0 Å². The van der Waals surface area contributed by atoms with Crippen LogP contribution in [0.2, 0.25) is 0 Å². The Morgan fingerprint density at radius 2 is 2.17 bits per heavy atom. The third-order valence-corrected chi connectivity index (χ3v) is 2.53. The van der Waals surface area contributed by atoms with Crippen LogP contribution in [0.3, 0.4) is 0 Å². The van der Waals surface area contributed by atoms with Crippen LogP contribution in [0.4, 0.5) is 0 Å². The highest BCUT2D eigenvalue weighted by atomic mass is 15.4. The zero-order chi connectivity index (χ0) is 8.39. The van der Waals surface area contributed by atoms with Crippen molar-refractivity contribution in [2.75, 3.05) is 13.1 Å². The first-order valence-corrected chi connectivity index (χ1v) is 4.53. The Morgan fingerprint density at radius 3 is 2.75 bits per heavy atom. The molecule has 12 heavy (non-hydrogen) atoms. The molecule has 2 rings (SSSR count). The molecule has 1 atom stereocenters. The summed E-state index contributed by atoms with van der Waals surface area (Å²) in [4.78, 5) is 2.45. The van der Waals surface area contributed by atoms with Crippen LogP contribution in [0.5, 0.6) is 0 Å². The fourth-order valence-electron chi connectivity index (χ4n) is 1.73. The number of hydrogen-bond acceptors (Lipinski definition) is 2. The molecule has 65 valence electrons. The Balaban J connectivity index is 2.04. The minimum atomic E-state index is 0.402. The van der Waals surface area contributed by atoms with E-state index in [1.165, 1.54) is 25.9 Å². The van der Waals surface area contributed by atoms with Gasteiger partial charge in [0.15, 0.2) is 0 Å². The lowest BCUT2D eigenvalue weighted by molar-refractivity contribution is 0.179. The van der Waals surface area contributed by atoms with Crippen LogP contribution in [0.15, 0.2) is 12.3 Å². The molecule has 1 unspecified atom stereocenters. The molecule has 1 fully saturated rings. The molecule has 1 aliphatic rings. The summed E-state index contributed by atoms with van der Waals surface area (Å²) in [5.41, 5.74) is 0. The Morgan fingerprint density at radius 1 is 1.42 bits per heavy atom. The minimum absolute atomic E-state index is 0.402. The van der Waals surface area contributed by atoms with E-state index in [1.54, 1.807) is 0 Å². The normalized spacial score (nSPS) is 21.4. The second-order valence-electron chi connectivity index (χ2n) is 3.30. The van der Waals surface area contributed by atoms with Gasteiger partial charge in [-0.25, -0.2) is 0 Å². The van der Waals surface area contributed by atoms with Crippen LogP contribution in [0.25, 0.3) is 0 Å². The molecule has 1 aliphatic heterocycles. The number of likely N-dealkylation sites (tertiary alicyclic amines) is 1. The predicted octanol–water partition coefficient (Wildman–Crippen LogP) is 1.30. The first-order valence-electron chi connectivity index (χ1n) is 4.53. The van der Waals surface area contributed by atoms with E-state index in [1.807, 2.05) is 16.9 Å². The molecule has 0 N–H and O–H groups in total. The van der Waals surface area contributed by atoms with Gasteiger partial charge in [-0.3, -0.25) is 9.58 Å². The Bertz CT molecular complexity index is 224. The summed E-state index contributed by atoms with van der Waals surface area (Å²) in [5.74, 6) is 0. The van der Waals surface area contributed by atoms with Crippen LogP contribution in [-0.4, -0.2) is 27.8 Å². The zero-order valence-electron chi connectivity index (χ0n) is 7.40. The van der Waals surface area contributed by atoms with Crippen LogP contribution < -0.4 is 0 Å². The van der Waals surface area contributed by atoms with Gasteiger partial charge in [0.2, 0.25) is 0 Å². The van der Waals surface area contributed by atoms with E-state index in [0.717, 1.165) is 0 Å². The molecule has 0 aromatic carbocycles. The van der Waals surface area contributed by atoms with Crippen LogP contribution >= 0.6 is 0 Å². The second-order valence-corrected chi connectivity index (χ2v) is 3.30. The zero-order valence-corrected chi connectivity index (χ0v) is 7.40. The molecular formula is C9H14N3. The van der Waals surface area contributed by atoms with Crippen molar-refractivity contribution in [3.63, 3.8) is 0 Å². The minimum Gasteiger partial charge on any atom is -0.282 e. The lowest BCUT2D eigenvalue weighted by Gasteiger charge is -2.23. The van der Waals surface area contributed by atoms with E-state index in [4.69, 9.17) is 0 Å². The number of aromatic nitrogens is 2. The summed E-state index contributed by atoms with van der Waals surface area (Å²) in [6.45, 7) is 4.61. The third kappa shape index (κ3) is 1.37. The van der Waals surface area contributed by atoms with Gasteiger partial charge in [0.05, 0.1) is 0 Å². The average Bonchev–Trinajstić information content (AvgIpc) is 2.77. The average molecular weight is 164 g/mol. The molecule has 2 heterocycles. The first-order chi connectivity index (χ1) is 5.88. The summed E-state index contributed by atoms with van der Waals surface area (Å²) in [5, 5.41) is 4.11. The van der Waals surface area contributed by atoms with Crippen molar-refractivity contribution in [1.82, 2.24) is 14.7 Å². The molecule has 1 aromatic heterocycles. The van der Waals surface area contributed by atoms with Gasteiger partial charge in [0.1, 0.15) is 12.4 Å². The molecule has 3 nitrogen and oxygen atoms in total. The standard InChI is InChI=1S/C9H14N3/c1-9(11-6-2-3-7-11)12-8-4-5-10-12/h4,8-9H,2-3,6-7H2,1H3. The molecule has 1 radical (unpaired) electrons. The Labute approximate surface area is 73.0 Å². The number of hydrogen-bond donors (Lipinski definition) is 0. The largest absolute Gasteiger partial charge is 0.282 e. The fourth-order valence-corrected chi connectivity index (χ4v) is 1.73. The van der Waals surface area contributed by atoms with E-state index in [0.29, 0.717) is 6.17 Å². The van der Waals surface area contributed by atoms with Gasteiger partial charge in [0, 0.05) is 19.3 Å². The maximum Gasteiger partial charge on any atom is 0.113 e. The van der Waals surface area contributed by atoms with E-state index in [-0.39, 0.29) is 0 Å². The summed E-state index contributed by atoms with van der Waals surface area (Å²) in [6, 6.07) is 1.85. The summed E-state index contributed by atoms with van der Waals surface area (Å²) in [7, 11) is 0. The van der Waals surface area contributed by atoms with E-state index in [9.17, 15) is 0 Å². The molecule has 0 aliphatic carbocycles. The first kappa shape index (κ1) is 7.80. The fraction of sp³-hybridized carbons (Fsp3) is 0.667. The van der Waals surface area contributed by atoms with Crippen molar-refractivity contribution in [2.45, 2.75) is 25.9 Å². The van der Waals surface area contributed by atoms with Crippen molar-refractivity contribution in [2.24, 2.45) is 0 Å². The number of rotatable bonds is 2. The lowest BCUT2D eigenvalue weighted by atomic mass is 10.4. The predicted molar refractivity (Wildman–Crippen MR) is 46.6 cm³/mol. The highest BCUT2D eigenvalue weighted by molar-refractivity contribution is 4.80. The maximum absolute atomic E-state index is 4.11. The summed E-state index contributed by atoms with van der Waals surface area (Å²) >= 11 is 0. The smallest absolute Gasteiger partial charge is 0.113 e. The van der Waals surface area contributed by atoms with Crippen molar-refractivity contribution in [3.8, 4) is 0 Å². The highest BCUT2D eigenvalue weighted by Crippen LogP contribution is 2.17. The molecule has 0 spiro atoms. The van der Waals surface area contributed by atoms with Crippen molar-refractivity contribution in [3.05, 3.63) is 18.5 Å². The van der Waals surface area contributed by atoms with Crippen molar-refractivity contribution in [1.29, 1.82) is 0 Å². The van der Waals surface area contributed by atoms with Gasteiger partial charge >= 0.3 is 0 Å². The second kappa shape index (κ2) is 3.27. The molecule has 1 saturated heterocycles. The monoisotopic (exact) mass is 164 g/mol. The molecule has 0 bridgehead atoms. The molecular weight excluding hydrogens is 150 g/mol. The third-order valence-electron chi connectivity index (χ3n) is 2.53. The Kier molecular flexibility index (Phi) is 2.13. The van der Waals surface area contributed by atoms with E-state index < -0.39 is 0 Å². The van der Waals surface area contributed by atoms with Gasteiger partial charge < -0.3 is 0 Å². The van der Waals surface area contributed by atoms with Crippen molar-refractivity contribution < 1.29 is 0 Å². The Hall–Kier alpha value is -0.830. The van der Waals surface area contributed by atoms with Gasteiger partial charge in [-0.15, -0.1) is 0 Å². The molecule has 1 aromatic rings. The molecule has 0 amide bonds. The maximum atomic E-state index is 4.11. The SMILES string of the molecule is CC(N1CCCC1)n1cc[c]n1. The summed E-state index contributed by atoms with van der Waals surface area (Å²) < 4.78 is 1.96. The van der Waals surface area contributed by atoms with Crippen LogP contribution in [0.1, 0.15) is 25.9 Å². The quantitative estimate of drug-likeness (QED) is 0.657. The lowest BCUT2D eigenvalue weighted by Crippen LogP contribution is -2.28. The van der Waals surface area contributed by atoms with Crippen LogP contribution in [-0.2, 0) is 0 Å². The highest BCUT2D eigenvalue weighted by Gasteiger charge is 2.18.